The third kappa shape index (κ3) is 3.90. The summed E-state index contributed by atoms with van der Waals surface area (Å²) in [6.45, 7) is 4.05. The molecule has 1 aromatic rings. The van der Waals surface area contributed by atoms with Gasteiger partial charge in [-0.3, -0.25) is 4.79 Å². The van der Waals surface area contributed by atoms with Crippen LogP contribution in [-0.4, -0.2) is 30.6 Å². The second kappa shape index (κ2) is 6.46. The number of hydrogen-bond donors (Lipinski definition) is 4. The zero-order valence-electron chi connectivity index (χ0n) is 9.59. The highest BCUT2D eigenvalue weighted by molar-refractivity contribution is 9.10. The Morgan fingerprint density at radius 2 is 2.18 bits per heavy atom. The number of phenols is 1. The van der Waals surface area contributed by atoms with Crippen molar-refractivity contribution in [2.75, 3.05) is 25.4 Å². The minimum absolute atomic E-state index is 0.119. The van der Waals surface area contributed by atoms with Crippen LogP contribution in [0.1, 0.15) is 17.3 Å². The SMILES string of the molecule is CCNCCNC(=O)c1cc(Br)c(N)cc1O. The van der Waals surface area contributed by atoms with Crippen LogP contribution in [0.15, 0.2) is 16.6 Å². The summed E-state index contributed by atoms with van der Waals surface area (Å²) in [7, 11) is 0. The summed E-state index contributed by atoms with van der Waals surface area (Å²) in [6, 6.07) is 2.86. The second-order valence-corrected chi connectivity index (χ2v) is 4.35. The number of halogens is 1. The molecule has 0 aromatic heterocycles. The third-order valence-electron chi connectivity index (χ3n) is 2.20. The summed E-state index contributed by atoms with van der Waals surface area (Å²) in [6.07, 6.45) is 0. The van der Waals surface area contributed by atoms with Gasteiger partial charge in [-0.05, 0) is 28.5 Å². The number of nitrogens with two attached hydrogens (primary N) is 1. The van der Waals surface area contributed by atoms with Crippen molar-refractivity contribution in [1.82, 2.24) is 10.6 Å². The topological polar surface area (TPSA) is 87.4 Å². The number of likely N-dealkylation sites (N-methyl/N-ethyl adjacent to an activating group) is 1. The van der Waals surface area contributed by atoms with Gasteiger partial charge in [-0.1, -0.05) is 6.92 Å². The number of hydrogen-bond acceptors (Lipinski definition) is 4. The van der Waals surface area contributed by atoms with Crippen LogP contribution in [0.3, 0.4) is 0 Å². The smallest absolute Gasteiger partial charge is 0.255 e. The number of phenolic OH excluding ortho intramolecular Hbond substituents is 1. The number of carbonyl (C=O) groups is 1. The van der Waals surface area contributed by atoms with E-state index >= 15 is 0 Å². The molecule has 1 amide bonds. The van der Waals surface area contributed by atoms with Gasteiger partial charge in [-0.25, -0.2) is 0 Å². The number of anilines is 1. The lowest BCUT2D eigenvalue weighted by atomic mass is 10.1. The van der Waals surface area contributed by atoms with E-state index in [0.29, 0.717) is 23.2 Å². The van der Waals surface area contributed by atoms with Crippen molar-refractivity contribution in [3.63, 3.8) is 0 Å². The highest BCUT2D eigenvalue weighted by Crippen LogP contribution is 2.28. The molecular formula is C11H16BrN3O2. The van der Waals surface area contributed by atoms with E-state index in [-0.39, 0.29) is 17.2 Å². The summed E-state index contributed by atoms with van der Waals surface area (Å²) >= 11 is 3.21. The molecule has 0 atom stereocenters. The standard InChI is InChI=1S/C11H16BrN3O2/c1-2-14-3-4-15-11(17)7-5-8(12)9(13)6-10(7)16/h5-6,14,16H,2-4,13H2,1H3,(H,15,17). The van der Waals surface area contributed by atoms with Gasteiger partial charge < -0.3 is 21.5 Å². The van der Waals surface area contributed by atoms with E-state index in [4.69, 9.17) is 5.73 Å². The molecule has 0 saturated heterocycles. The lowest BCUT2D eigenvalue weighted by Crippen LogP contribution is -2.31. The molecule has 0 unspecified atom stereocenters. The number of carbonyl (C=O) groups excluding carboxylic acids is 1. The molecule has 0 aliphatic heterocycles. The molecular weight excluding hydrogens is 286 g/mol. The molecule has 0 heterocycles. The van der Waals surface area contributed by atoms with E-state index in [0.717, 1.165) is 6.54 Å². The Hall–Kier alpha value is -1.27. The quantitative estimate of drug-likeness (QED) is 0.484. The monoisotopic (exact) mass is 301 g/mol. The first-order chi connectivity index (χ1) is 8.06. The maximum Gasteiger partial charge on any atom is 0.255 e. The molecule has 0 radical (unpaired) electrons. The van der Waals surface area contributed by atoms with Gasteiger partial charge in [0.25, 0.3) is 5.91 Å². The average Bonchev–Trinajstić information content (AvgIpc) is 2.29. The van der Waals surface area contributed by atoms with Crippen molar-refractivity contribution in [3.05, 3.63) is 22.2 Å². The minimum atomic E-state index is -0.318. The van der Waals surface area contributed by atoms with E-state index < -0.39 is 0 Å². The first-order valence-electron chi connectivity index (χ1n) is 5.33. The van der Waals surface area contributed by atoms with Crippen molar-refractivity contribution in [2.24, 2.45) is 0 Å². The van der Waals surface area contributed by atoms with Gasteiger partial charge in [0.05, 0.1) is 5.56 Å². The van der Waals surface area contributed by atoms with Crippen LogP contribution in [0.2, 0.25) is 0 Å². The highest BCUT2D eigenvalue weighted by Gasteiger charge is 2.12. The van der Waals surface area contributed by atoms with Crippen LogP contribution < -0.4 is 16.4 Å². The fraction of sp³-hybridized carbons (Fsp3) is 0.364. The Balaban J connectivity index is 2.66. The Labute approximate surface area is 109 Å². The lowest BCUT2D eigenvalue weighted by molar-refractivity contribution is 0.0951. The largest absolute Gasteiger partial charge is 0.507 e. The molecule has 0 fully saturated rings. The van der Waals surface area contributed by atoms with E-state index in [2.05, 4.69) is 26.6 Å². The predicted octanol–water partition coefficient (Wildman–Crippen LogP) is 1.08. The van der Waals surface area contributed by atoms with Crippen molar-refractivity contribution in [1.29, 1.82) is 0 Å². The second-order valence-electron chi connectivity index (χ2n) is 3.50. The van der Waals surface area contributed by atoms with Crippen LogP contribution >= 0.6 is 15.9 Å². The fourth-order valence-corrected chi connectivity index (χ4v) is 1.64. The van der Waals surface area contributed by atoms with Gasteiger partial charge in [-0.2, -0.15) is 0 Å². The minimum Gasteiger partial charge on any atom is -0.507 e. The number of rotatable bonds is 5. The van der Waals surface area contributed by atoms with Gasteiger partial charge in [0.1, 0.15) is 5.75 Å². The van der Waals surface area contributed by atoms with E-state index in [1.54, 1.807) is 0 Å². The molecule has 0 bridgehead atoms. The predicted molar refractivity (Wildman–Crippen MR) is 71.1 cm³/mol. The number of benzene rings is 1. The molecule has 0 aliphatic carbocycles. The summed E-state index contributed by atoms with van der Waals surface area (Å²) in [4.78, 5) is 11.7. The van der Waals surface area contributed by atoms with Crippen LogP contribution in [0, 0.1) is 0 Å². The van der Waals surface area contributed by atoms with Crippen LogP contribution in [-0.2, 0) is 0 Å². The maximum atomic E-state index is 11.7. The Kier molecular flexibility index (Phi) is 5.24. The third-order valence-corrected chi connectivity index (χ3v) is 2.88. The fourth-order valence-electron chi connectivity index (χ4n) is 1.30. The van der Waals surface area contributed by atoms with Crippen molar-refractivity contribution < 1.29 is 9.90 Å². The van der Waals surface area contributed by atoms with Gasteiger partial charge in [0, 0.05) is 29.3 Å². The Bertz CT molecular complexity index is 410. The Morgan fingerprint density at radius 1 is 1.47 bits per heavy atom. The first-order valence-corrected chi connectivity index (χ1v) is 6.12. The summed E-state index contributed by atoms with van der Waals surface area (Å²) < 4.78 is 0.590. The molecule has 1 aromatic carbocycles. The molecule has 5 nitrogen and oxygen atoms in total. The molecule has 17 heavy (non-hydrogen) atoms. The number of nitrogen functional groups attached to an aromatic ring is 1. The summed E-state index contributed by atoms with van der Waals surface area (Å²) in [5.74, 6) is -0.437. The summed E-state index contributed by atoms with van der Waals surface area (Å²) in [5, 5.41) is 15.4. The van der Waals surface area contributed by atoms with E-state index in [1.807, 2.05) is 6.92 Å². The molecule has 0 saturated carbocycles. The summed E-state index contributed by atoms with van der Waals surface area (Å²) in [5.41, 5.74) is 6.19. The van der Waals surface area contributed by atoms with Crippen molar-refractivity contribution in [3.8, 4) is 5.75 Å². The van der Waals surface area contributed by atoms with Gasteiger partial charge in [0.2, 0.25) is 0 Å². The van der Waals surface area contributed by atoms with Crippen molar-refractivity contribution in [2.45, 2.75) is 6.92 Å². The van der Waals surface area contributed by atoms with Gasteiger partial charge in [-0.15, -0.1) is 0 Å². The van der Waals surface area contributed by atoms with Crippen LogP contribution in [0.25, 0.3) is 0 Å². The zero-order valence-corrected chi connectivity index (χ0v) is 11.2. The normalized spacial score (nSPS) is 10.2. The maximum absolute atomic E-state index is 11.7. The zero-order chi connectivity index (χ0) is 12.8. The molecule has 1 rings (SSSR count). The number of amides is 1. The highest BCUT2D eigenvalue weighted by atomic mass is 79.9. The molecule has 0 spiro atoms. The van der Waals surface area contributed by atoms with Crippen molar-refractivity contribution >= 4 is 27.5 Å². The number of aromatic hydroxyl groups is 1. The molecule has 94 valence electrons. The van der Waals surface area contributed by atoms with E-state index in [1.165, 1.54) is 12.1 Å². The van der Waals surface area contributed by atoms with Crippen LogP contribution in [0.5, 0.6) is 5.75 Å². The first kappa shape index (κ1) is 13.8. The molecule has 5 N–H and O–H groups in total. The number of nitrogens with one attached hydrogen (secondary N) is 2. The molecule has 6 heteroatoms. The molecule has 0 aliphatic rings. The van der Waals surface area contributed by atoms with Gasteiger partial charge in [0.15, 0.2) is 0 Å². The van der Waals surface area contributed by atoms with Crippen LogP contribution in [0.4, 0.5) is 5.69 Å². The lowest BCUT2D eigenvalue weighted by Gasteiger charge is -2.08. The average molecular weight is 302 g/mol. The van der Waals surface area contributed by atoms with Gasteiger partial charge >= 0.3 is 0 Å². The van der Waals surface area contributed by atoms with E-state index in [9.17, 15) is 9.90 Å². The Morgan fingerprint density at radius 3 is 2.82 bits per heavy atom.